The zero-order chi connectivity index (χ0) is 11.5. The highest BCUT2D eigenvalue weighted by molar-refractivity contribution is 7.89. The van der Waals surface area contributed by atoms with Gasteiger partial charge in [0.15, 0.2) is 0 Å². The number of likely N-dealkylation sites (N-methyl/N-ethyl adjacent to an activating group) is 2. The molecule has 2 N–H and O–H groups in total. The molecule has 1 unspecified atom stereocenters. The average Bonchev–Trinajstić information content (AvgIpc) is 2.52. The van der Waals surface area contributed by atoms with Crippen LogP contribution in [0.2, 0.25) is 0 Å². The molecule has 0 amide bonds. The van der Waals surface area contributed by atoms with E-state index in [1.54, 1.807) is 7.05 Å². The molecule has 1 fully saturated rings. The van der Waals surface area contributed by atoms with E-state index in [9.17, 15) is 8.42 Å². The molecule has 90 valence electrons. The Morgan fingerprint density at radius 2 is 2.20 bits per heavy atom. The largest absolute Gasteiger partial charge is 0.329 e. The second-order valence-electron chi connectivity index (χ2n) is 4.16. The van der Waals surface area contributed by atoms with Gasteiger partial charge in [0.25, 0.3) is 0 Å². The standard InChI is InChI=1S/C9H21N3O2S/c1-11-6-3-4-9(11)8-12(2)15(13,14)7-5-10/h9H,3-8,10H2,1-2H3. The first-order chi connectivity index (χ1) is 6.97. The van der Waals surface area contributed by atoms with Gasteiger partial charge in [-0.2, -0.15) is 0 Å². The fourth-order valence-electron chi connectivity index (χ4n) is 1.93. The van der Waals surface area contributed by atoms with Gasteiger partial charge in [-0.1, -0.05) is 0 Å². The van der Waals surface area contributed by atoms with Crippen molar-refractivity contribution in [3.8, 4) is 0 Å². The van der Waals surface area contributed by atoms with Crippen LogP contribution in [0.4, 0.5) is 0 Å². The third-order valence-electron chi connectivity index (χ3n) is 2.99. The van der Waals surface area contributed by atoms with Crippen molar-refractivity contribution in [2.45, 2.75) is 18.9 Å². The number of nitrogens with zero attached hydrogens (tertiary/aromatic N) is 2. The van der Waals surface area contributed by atoms with Crippen LogP contribution in [0.25, 0.3) is 0 Å². The number of likely N-dealkylation sites (tertiary alicyclic amines) is 1. The van der Waals surface area contributed by atoms with E-state index >= 15 is 0 Å². The Morgan fingerprint density at radius 1 is 1.53 bits per heavy atom. The molecule has 0 aromatic heterocycles. The lowest BCUT2D eigenvalue weighted by atomic mass is 10.2. The number of nitrogens with two attached hydrogens (primary N) is 1. The first kappa shape index (κ1) is 12.9. The minimum atomic E-state index is -3.14. The minimum Gasteiger partial charge on any atom is -0.329 e. The summed E-state index contributed by atoms with van der Waals surface area (Å²) in [6, 6.07) is 0.363. The summed E-state index contributed by atoms with van der Waals surface area (Å²) in [6.45, 7) is 1.83. The Bertz CT molecular complexity index is 292. The van der Waals surface area contributed by atoms with Gasteiger partial charge < -0.3 is 10.6 Å². The van der Waals surface area contributed by atoms with Crippen molar-refractivity contribution in [1.29, 1.82) is 0 Å². The maximum absolute atomic E-state index is 11.7. The summed E-state index contributed by atoms with van der Waals surface area (Å²) < 4.78 is 24.7. The van der Waals surface area contributed by atoms with Crippen molar-refractivity contribution in [1.82, 2.24) is 9.21 Å². The predicted octanol–water partition coefficient (Wildman–Crippen LogP) is -0.699. The normalized spacial score (nSPS) is 23.9. The Morgan fingerprint density at radius 3 is 2.67 bits per heavy atom. The summed E-state index contributed by atoms with van der Waals surface area (Å²) in [5.41, 5.74) is 5.27. The summed E-state index contributed by atoms with van der Waals surface area (Å²) in [7, 11) is 0.539. The second kappa shape index (κ2) is 5.25. The van der Waals surface area contributed by atoms with Gasteiger partial charge in [-0.05, 0) is 26.4 Å². The van der Waals surface area contributed by atoms with E-state index in [1.165, 1.54) is 4.31 Å². The maximum atomic E-state index is 11.7. The van der Waals surface area contributed by atoms with E-state index < -0.39 is 10.0 Å². The molecule has 1 heterocycles. The number of hydrogen-bond acceptors (Lipinski definition) is 4. The quantitative estimate of drug-likeness (QED) is 0.684. The monoisotopic (exact) mass is 235 g/mol. The predicted molar refractivity (Wildman–Crippen MR) is 61.1 cm³/mol. The zero-order valence-corrected chi connectivity index (χ0v) is 10.3. The van der Waals surface area contributed by atoms with Gasteiger partial charge in [0, 0.05) is 26.2 Å². The van der Waals surface area contributed by atoms with E-state index in [4.69, 9.17) is 5.73 Å². The smallest absolute Gasteiger partial charge is 0.215 e. The first-order valence-corrected chi connectivity index (χ1v) is 6.92. The third kappa shape index (κ3) is 3.41. The van der Waals surface area contributed by atoms with E-state index in [0.717, 1.165) is 19.4 Å². The molecule has 0 bridgehead atoms. The molecule has 0 saturated carbocycles. The van der Waals surface area contributed by atoms with Crippen molar-refractivity contribution in [2.75, 3.05) is 39.5 Å². The van der Waals surface area contributed by atoms with Crippen LogP contribution >= 0.6 is 0 Å². The van der Waals surface area contributed by atoms with Crippen LogP contribution in [0.5, 0.6) is 0 Å². The van der Waals surface area contributed by atoms with Gasteiger partial charge in [0.2, 0.25) is 10.0 Å². The molecule has 5 nitrogen and oxygen atoms in total. The van der Waals surface area contributed by atoms with Gasteiger partial charge in [0.1, 0.15) is 0 Å². The van der Waals surface area contributed by atoms with Crippen molar-refractivity contribution in [2.24, 2.45) is 5.73 Å². The van der Waals surface area contributed by atoms with E-state index in [2.05, 4.69) is 4.90 Å². The van der Waals surface area contributed by atoms with Gasteiger partial charge >= 0.3 is 0 Å². The molecule has 1 aliphatic rings. The third-order valence-corrected chi connectivity index (χ3v) is 4.84. The summed E-state index contributed by atoms with van der Waals surface area (Å²) in [6.07, 6.45) is 2.24. The molecule has 6 heteroatoms. The Hall–Kier alpha value is -0.170. The van der Waals surface area contributed by atoms with Crippen LogP contribution in [0.1, 0.15) is 12.8 Å². The summed E-state index contributed by atoms with van der Waals surface area (Å²) in [5.74, 6) is 0.0416. The van der Waals surface area contributed by atoms with E-state index in [1.807, 2.05) is 7.05 Å². The van der Waals surface area contributed by atoms with Crippen LogP contribution in [-0.4, -0.2) is 63.1 Å². The fourth-order valence-corrected chi connectivity index (χ4v) is 2.93. The van der Waals surface area contributed by atoms with Gasteiger partial charge in [-0.25, -0.2) is 12.7 Å². The molecule has 1 rings (SSSR count). The van der Waals surface area contributed by atoms with Crippen molar-refractivity contribution < 1.29 is 8.42 Å². The summed E-state index contributed by atoms with van der Waals surface area (Å²) >= 11 is 0. The molecule has 0 aliphatic carbocycles. The van der Waals surface area contributed by atoms with Crippen LogP contribution in [-0.2, 0) is 10.0 Å². The first-order valence-electron chi connectivity index (χ1n) is 5.31. The second-order valence-corrected chi connectivity index (χ2v) is 6.36. The number of rotatable bonds is 5. The molecule has 0 radical (unpaired) electrons. The maximum Gasteiger partial charge on any atom is 0.215 e. The number of hydrogen-bond donors (Lipinski definition) is 1. The van der Waals surface area contributed by atoms with Crippen LogP contribution in [0.15, 0.2) is 0 Å². The van der Waals surface area contributed by atoms with Gasteiger partial charge in [-0.3, -0.25) is 0 Å². The van der Waals surface area contributed by atoms with Crippen molar-refractivity contribution in [3.05, 3.63) is 0 Å². The van der Waals surface area contributed by atoms with E-state index in [0.29, 0.717) is 12.6 Å². The van der Waals surface area contributed by atoms with E-state index in [-0.39, 0.29) is 12.3 Å². The molecule has 0 aromatic rings. The molecule has 15 heavy (non-hydrogen) atoms. The highest BCUT2D eigenvalue weighted by Gasteiger charge is 2.26. The van der Waals surface area contributed by atoms with Gasteiger partial charge in [0.05, 0.1) is 5.75 Å². The highest BCUT2D eigenvalue weighted by Crippen LogP contribution is 2.16. The topological polar surface area (TPSA) is 66.6 Å². The lowest BCUT2D eigenvalue weighted by molar-refractivity contribution is 0.271. The summed E-state index contributed by atoms with van der Waals surface area (Å²) in [4.78, 5) is 2.22. The Balaban J connectivity index is 2.51. The van der Waals surface area contributed by atoms with Crippen LogP contribution in [0.3, 0.4) is 0 Å². The summed E-state index contributed by atoms with van der Waals surface area (Å²) in [5, 5.41) is 0. The Kier molecular flexibility index (Phi) is 4.51. The highest BCUT2D eigenvalue weighted by atomic mass is 32.2. The molecule has 1 aliphatic heterocycles. The zero-order valence-electron chi connectivity index (χ0n) is 9.52. The minimum absolute atomic E-state index is 0.0416. The SMILES string of the molecule is CN1CCCC1CN(C)S(=O)(=O)CCN. The molecule has 1 atom stereocenters. The number of sulfonamides is 1. The lowest BCUT2D eigenvalue weighted by Crippen LogP contribution is -2.41. The molecule has 0 spiro atoms. The van der Waals surface area contributed by atoms with Crippen molar-refractivity contribution >= 4 is 10.0 Å². The molecule has 0 aromatic carbocycles. The van der Waals surface area contributed by atoms with Gasteiger partial charge in [-0.15, -0.1) is 0 Å². The van der Waals surface area contributed by atoms with Crippen molar-refractivity contribution in [3.63, 3.8) is 0 Å². The fraction of sp³-hybridized carbons (Fsp3) is 1.00. The molecule has 1 saturated heterocycles. The molecular formula is C9H21N3O2S. The molecular weight excluding hydrogens is 214 g/mol. The lowest BCUT2D eigenvalue weighted by Gasteiger charge is -2.25. The average molecular weight is 235 g/mol. The van der Waals surface area contributed by atoms with Crippen LogP contribution in [0, 0.1) is 0 Å². The Labute approximate surface area is 92.3 Å². The van der Waals surface area contributed by atoms with Crippen LogP contribution < -0.4 is 5.73 Å².